The summed E-state index contributed by atoms with van der Waals surface area (Å²) in [6.07, 6.45) is 26.7. The highest BCUT2D eigenvalue weighted by molar-refractivity contribution is 5.72. The molecule has 0 fully saturated rings. The van der Waals surface area contributed by atoms with Crippen molar-refractivity contribution >= 4 is 5.97 Å². The molecule has 1 aromatic heterocycles. The average Bonchev–Trinajstić information content (AvgIpc) is 2.90. The number of hydrogen-bond donors (Lipinski definition) is 0. The van der Waals surface area contributed by atoms with Crippen LogP contribution in [0.15, 0.2) is 36.7 Å². The highest BCUT2D eigenvalue weighted by atomic mass is 16.5. The molecule has 0 N–H and O–H groups in total. The van der Waals surface area contributed by atoms with Crippen molar-refractivity contribution in [2.75, 3.05) is 0 Å². The fourth-order valence-electron chi connectivity index (χ4n) is 4.56. The van der Waals surface area contributed by atoms with Gasteiger partial charge < -0.3 is 4.74 Å². The van der Waals surface area contributed by atoms with E-state index in [2.05, 4.69) is 48.1 Å². The molecule has 200 valence electrons. The lowest BCUT2D eigenvalue weighted by Crippen LogP contribution is -2.08. The number of aromatic nitrogens is 2. The Balaban J connectivity index is 1.60. The third-order valence-corrected chi connectivity index (χ3v) is 6.88. The molecule has 0 unspecified atom stereocenters. The van der Waals surface area contributed by atoms with Crippen molar-refractivity contribution < 1.29 is 9.53 Å². The molecule has 1 aromatic carbocycles. The van der Waals surface area contributed by atoms with E-state index in [-0.39, 0.29) is 5.97 Å². The standard InChI is InChI=1S/C32H50N2O2/c1-3-5-7-9-11-13-14-16-18-20-28-22-24-29(25-23-28)32-33-26-30(27-34-32)36-31(35)21-19-17-15-12-10-8-6-4-2/h22-27H,3-21H2,1-2H3. The number of aryl methyl sites for hydroxylation is 1. The fourth-order valence-corrected chi connectivity index (χ4v) is 4.56. The molecular weight excluding hydrogens is 444 g/mol. The Kier molecular flexibility index (Phi) is 16.6. The number of carbonyl (C=O) groups excluding carboxylic acids is 1. The van der Waals surface area contributed by atoms with Crippen molar-refractivity contribution in [3.05, 3.63) is 42.2 Å². The predicted octanol–water partition coefficient (Wildman–Crippen LogP) is 9.65. The number of rotatable bonds is 21. The summed E-state index contributed by atoms with van der Waals surface area (Å²) in [6.45, 7) is 4.51. The predicted molar refractivity (Wildman–Crippen MR) is 151 cm³/mol. The number of benzene rings is 1. The Labute approximate surface area is 220 Å². The molecule has 0 bridgehead atoms. The third-order valence-electron chi connectivity index (χ3n) is 6.88. The Hall–Kier alpha value is -2.23. The largest absolute Gasteiger partial charge is 0.423 e. The van der Waals surface area contributed by atoms with Crippen LogP contribution in [-0.2, 0) is 11.2 Å². The number of hydrogen-bond acceptors (Lipinski definition) is 4. The van der Waals surface area contributed by atoms with Gasteiger partial charge in [0.25, 0.3) is 0 Å². The van der Waals surface area contributed by atoms with Gasteiger partial charge in [-0.15, -0.1) is 0 Å². The molecule has 0 spiro atoms. The topological polar surface area (TPSA) is 52.1 Å². The molecule has 0 amide bonds. The minimum absolute atomic E-state index is 0.196. The minimum Gasteiger partial charge on any atom is -0.423 e. The molecule has 4 heteroatoms. The van der Waals surface area contributed by atoms with Crippen LogP contribution < -0.4 is 4.74 Å². The zero-order valence-corrected chi connectivity index (χ0v) is 23.1. The quantitative estimate of drug-likeness (QED) is 0.128. The van der Waals surface area contributed by atoms with E-state index < -0.39 is 0 Å². The highest BCUT2D eigenvalue weighted by Gasteiger charge is 2.07. The van der Waals surface area contributed by atoms with Crippen LogP contribution in [0, 0.1) is 0 Å². The lowest BCUT2D eigenvalue weighted by molar-refractivity contribution is -0.134. The van der Waals surface area contributed by atoms with Crippen LogP contribution in [0.25, 0.3) is 11.4 Å². The fraction of sp³-hybridized carbons (Fsp3) is 0.656. The molecular formula is C32H50N2O2. The normalized spacial score (nSPS) is 11.1. The van der Waals surface area contributed by atoms with Gasteiger partial charge in [0.15, 0.2) is 11.6 Å². The van der Waals surface area contributed by atoms with Gasteiger partial charge in [-0.2, -0.15) is 0 Å². The third kappa shape index (κ3) is 13.8. The van der Waals surface area contributed by atoms with Crippen LogP contribution in [0.3, 0.4) is 0 Å². The van der Waals surface area contributed by atoms with Crippen LogP contribution in [0.4, 0.5) is 0 Å². The maximum Gasteiger partial charge on any atom is 0.311 e. The first kappa shape index (κ1) is 30.0. The number of nitrogens with zero attached hydrogens (tertiary/aromatic N) is 2. The summed E-state index contributed by atoms with van der Waals surface area (Å²) in [5, 5.41) is 0. The van der Waals surface area contributed by atoms with Gasteiger partial charge in [0.1, 0.15) is 0 Å². The van der Waals surface area contributed by atoms with Crippen LogP contribution in [0.5, 0.6) is 5.75 Å². The van der Waals surface area contributed by atoms with Gasteiger partial charge in [0, 0.05) is 12.0 Å². The van der Waals surface area contributed by atoms with Gasteiger partial charge in [0.05, 0.1) is 12.4 Å². The monoisotopic (exact) mass is 494 g/mol. The van der Waals surface area contributed by atoms with Gasteiger partial charge in [-0.1, -0.05) is 134 Å². The number of esters is 1. The molecule has 0 aliphatic carbocycles. The van der Waals surface area contributed by atoms with E-state index in [1.165, 1.54) is 102 Å². The van der Waals surface area contributed by atoms with E-state index in [0.29, 0.717) is 18.0 Å². The Morgan fingerprint density at radius 1 is 0.639 bits per heavy atom. The van der Waals surface area contributed by atoms with E-state index in [1.54, 1.807) is 12.4 Å². The molecule has 0 aliphatic rings. The van der Waals surface area contributed by atoms with Crippen molar-refractivity contribution in [1.29, 1.82) is 0 Å². The van der Waals surface area contributed by atoms with Gasteiger partial charge in [-0.05, 0) is 24.8 Å². The molecule has 2 aromatic rings. The Bertz CT molecular complexity index is 802. The number of unbranched alkanes of at least 4 members (excludes halogenated alkanes) is 15. The van der Waals surface area contributed by atoms with E-state index in [1.807, 2.05) is 0 Å². The van der Waals surface area contributed by atoms with Crippen LogP contribution in [0.1, 0.15) is 135 Å². The van der Waals surface area contributed by atoms with E-state index in [0.717, 1.165) is 24.8 Å². The van der Waals surface area contributed by atoms with Crippen molar-refractivity contribution in [2.24, 2.45) is 0 Å². The summed E-state index contributed by atoms with van der Waals surface area (Å²) >= 11 is 0. The van der Waals surface area contributed by atoms with Gasteiger partial charge >= 0.3 is 5.97 Å². The zero-order valence-electron chi connectivity index (χ0n) is 23.1. The molecule has 0 aliphatic heterocycles. The summed E-state index contributed by atoms with van der Waals surface area (Å²) in [7, 11) is 0. The van der Waals surface area contributed by atoms with Crippen LogP contribution >= 0.6 is 0 Å². The number of carbonyl (C=O) groups is 1. The minimum atomic E-state index is -0.196. The van der Waals surface area contributed by atoms with Crippen molar-refractivity contribution in [3.63, 3.8) is 0 Å². The maximum atomic E-state index is 12.1. The summed E-state index contributed by atoms with van der Waals surface area (Å²) in [5.41, 5.74) is 2.36. The molecule has 1 heterocycles. The molecule has 0 saturated carbocycles. The SMILES string of the molecule is CCCCCCCCCCCc1ccc(-c2ncc(OC(=O)CCCCCCCCCC)cn2)cc1. The number of ether oxygens (including phenoxy) is 1. The zero-order chi connectivity index (χ0) is 25.7. The first-order valence-corrected chi connectivity index (χ1v) is 14.8. The Morgan fingerprint density at radius 3 is 1.64 bits per heavy atom. The summed E-state index contributed by atoms with van der Waals surface area (Å²) < 4.78 is 5.42. The summed E-state index contributed by atoms with van der Waals surface area (Å²) in [5.74, 6) is 0.885. The van der Waals surface area contributed by atoms with Crippen molar-refractivity contribution in [3.8, 4) is 17.1 Å². The first-order chi connectivity index (χ1) is 17.7. The highest BCUT2D eigenvalue weighted by Crippen LogP contribution is 2.19. The first-order valence-electron chi connectivity index (χ1n) is 14.8. The van der Waals surface area contributed by atoms with E-state index in [4.69, 9.17) is 4.74 Å². The van der Waals surface area contributed by atoms with Crippen LogP contribution in [0.2, 0.25) is 0 Å². The lowest BCUT2D eigenvalue weighted by Gasteiger charge is -2.06. The average molecular weight is 495 g/mol. The van der Waals surface area contributed by atoms with E-state index >= 15 is 0 Å². The lowest BCUT2D eigenvalue weighted by atomic mass is 10.0. The second-order valence-corrected chi connectivity index (χ2v) is 10.2. The molecule has 4 nitrogen and oxygen atoms in total. The summed E-state index contributed by atoms with van der Waals surface area (Å²) in [4.78, 5) is 20.9. The Morgan fingerprint density at radius 2 is 1.11 bits per heavy atom. The smallest absolute Gasteiger partial charge is 0.311 e. The van der Waals surface area contributed by atoms with Crippen molar-refractivity contribution in [2.45, 2.75) is 136 Å². The molecule has 36 heavy (non-hydrogen) atoms. The van der Waals surface area contributed by atoms with Gasteiger partial charge in [-0.25, -0.2) is 9.97 Å². The molecule has 0 atom stereocenters. The molecule has 0 radical (unpaired) electrons. The van der Waals surface area contributed by atoms with Crippen LogP contribution in [-0.4, -0.2) is 15.9 Å². The molecule has 0 saturated heterocycles. The van der Waals surface area contributed by atoms with Crippen molar-refractivity contribution in [1.82, 2.24) is 9.97 Å². The van der Waals surface area contributed by atoms with Gasteiger partial charge in [0.2, 0.25) is 0 Å². The molecule has 2 rings (SSSR count). The summed E-state index contributed by atoms with van der Waals surface area (Å²) in [6, 6.07) is 8.54. The van der Waals surface area contributed by atoms with Gasteiger partial charge in [-0.3, -0.25) is 4.79 Å². The second kappa shape index (κ2) is 19.9. The maximum absolute atomic E-state index is 12.1. The second-order valence-electron chi connectivity index (χ2n) is 10.2. The van der Waals surface area contributed by atoms with E-state index in [9.17, 15) is 4.79 Å².